The molecule has 0 fully saturated rings. The first-order chi connectivity index (χ1) is 12.9. The Balaban J connectivity index is 1.57. The number of aromatic amines is 1. The van der Waals surface area contributed by atoms with Gasteiger partial charge in [-0.25, -0.2) is 9.50 Å². The first-order valence-corrected chi connectivity index (χ1v) is 8.13. The van der Waals surface area contributed by atoms with Crippen molar-refractivity contribution in [1.29, 1.82) is 0 Å². The average molecular weight is 334 g/mol. The highest BCUT2D eigenvalue weighted by Crippen LogP contribution is 2.17. The van der Waals surface area contributed by atoms with E-state index in [0.29, 0.717) is 0 Å². The fourth-order valence-corrected chi connectivity index (χ4v) is 2.81. The molecule has 0 aliphatic heterocycles. The molecule has 1 aromatic carbocycles. The number of nitrogens with zero attached hydrogens (tertiary/aromatic N) is 4. The van der Waals surface area contributed by atoms with E-state index in [1.165, 1.54) is 0 Å². The molecule has 1 radical (unpaired) electrons. The van der Waals surface area contributed by atoms with Crippen LogP contribution in [-0.4, -0.2) is 24.6 Å². The van der Waals surface area contributed by atoms with Crippen LogP contribution < -0.4 is 0 Å². The number of H-pyrrole nitrogens is 1. The van der Waals surface area contributed by atoms with Crippen molar-refractivity contribution in [1.82, 2.24) is 24.6 Å². The van der Waals surface area contributed by atoms with E-state index in [4.69, 9.17) is 0 Å². The van der Waals surface area contributed by atoms with Gasteiger partial charge in [0.05, 0.1) is 22.9 Å². The maximum Gasteiger partial charge on any atom is 0.154 e. The maximum absolute atomic E-state index is 4.68. The summed E-state index contributed by atoms with van der Waals surface area (Å²) in [5.41, 5.74) is 6.12. The molecular weight excluding hydrogens is 322 g/mol. The van der Waals surface area contributed by atoms with Crippen LogP contribution in [0.25, 0.3) is 27.9 Å². The molecule has 4 heterocycles. The minimum atomic E-state index is 0.732. The van der Waals surface area contributed by atoms with Crippen molar-refractivity contribution in [2.45, 2.75) is 0 Å². The first kappa shape index (κ1) is 14.4. The van der Waals surface area contributed by atoms with Crippen LogP contribution in [0, 0.1) is 17.9 Å². The quantitative estimate of drug-likeness (QED) is 0.478. The van der Waals surface area contributed by atoms with Crippen molar-refractivity contribution in [3.8, 4) is 23.1 Å². The largest absolute Gasteiger partial charge is 0.360 e. The van der Waals surface area contributed by atoms with Crippen molar-refractivity contribution in [3.63, 3.8) is 0 Å². The van der Waals surface area contributed by atoms with Crippen LogP contribution in [0.1, 0.15) is 11.3 Å². The lowest BCUT2D eigenvalue weighted by Crippen LogP contribution is -1.96. The molecule has 0 atom stereocenters. The van der Waals surface area contributed by atoms with E-state index >= 15 is 0 Å². The van der Waals surface area contributed by atoms with Gasteiger partial charge in [-0.3, -0.25) is 4.98 Å². The van der Waals surface area contributed by atoms with Crippen molar-refractivity contribution >= 4 is 16.7 Å². The normalized spacial score (nSPS) is 10.8. The number of pyridine rings is 1. The van der Waals surface area contributed by atoms with Crippen molar-refractivity contribution in [2.75, 3.05) is 0 Å². The number of nitrogens with one attached hydrogen (secondary N) is 1. The highest BCUT2D eigenvalue weighted by molar-refractivity contribution is 5.76. The highest BCUT2D eigenvalue weighted by atomic mass is 15.3. The highest BCUT2D eigenvalue weighted by Gasteiger charge is 2.05. The van der Waals surface area contributed by atoms with E-state index in [1.807, 2.05) is 54.7 Å². The summed E-state index contributed by atoms with van der Waals surface area (Å²) in [4.78, 5) is 11.9. The second-order valence-electron chi connectivity index (χ2n) is 5.81. The van der Waals surface area contributed by atoms with Crippen LogP contribution in [0.4, 0.5) is 0 Å². The molecule has 5 rings (SSSR count). The van der Waals surface area contributed by atoms with Crippen LogP contribution in [0.5, 0.6) is 0 Å². The zero-order valence-electron chi connectivity index (χ0n) is 13.6. The molecule has 0 bridgehead atoms. The molecule has 0 unspecified atom stereocenters. The van der Waals surface area contributed by atoms with E-state index in [2.05, 4.69) is 38.0 Å². The second kappa shape index (κ2) is 5.87. The van der Waals surface area contributed by atoms with Crippen LogP contribution >= 0.6 is 0 Å². The first-order valence-electron chi connectivity index (χ1n) is 8.13. The molecule has 4 aromatic heterocycles. The van der Waals surface area contributed by atoms with Gasteiger partial charge in [-0.2, -0.15) is 5.10 Å². The third kappa shape index (κ3) is 2.50. The molecule has 26 heavy (non-hydrogen) atoms. The van der Waals surface area contributed by atoms with Gasteiger partial charge in [-0.1, -0.05) is 30.2 Å². The van der Waals surface area contributed by atoms with Gasteiger partial charge < -0.3 is 4.98 Å². The Bertz CT molecular complexity index is 1290. The summed E-state index contributed by atoms with van der Waals surface area (Å²) >= 11 is 0. The summed E-state index contributed by atoms with van der Waals surface area (Å²) in [6, 6.07) is 18.5. The summed E-state index contributed by atoms with van der Waals surface area (Å²) in [6.45, 7) is 0. The summed E-state index contributed by atoms with van der Waals surface area (Å²) in [5.74, 6) is 6.29. The van der Waals surface area contributed by atoms with Crippen LogP contribution in [0.2, 0.25) is 0 Å². The van der Waals surface area contributed by atoms with E-state index in [1.54, 1.807) is 16.9 Å². The fourth-order valence-electron chi connectivity index (χ4n) is 2.81. The molecule has 0 aliphatic carbocycles. The minimum absolute atomic E-state index is 0.732. The Morgan fingerprint density at radius 3 is 2.81 bits per heavy atom. The summed E-state index contributed by atoms with van der Waals surface area (Å²) in [5, 5.41) is 4.68. The summed E-state index contributed by atoms with van der Waals surface area (Å²) < 4.78 is 1.76. The van der Waals surface area contributed by atoms with Crippen LogP contribution in [-0.2, 0) is 0 Å². The average Bonchev–Trinajstić information content (AvgIpc) is 3.33. The Morgan fingerprint density at radius 2 is 1.88 bits per heavy atom. The Kier molecular flexibility index (Phi) is 3.26. The van der Waals surface area contributed by atoms with Crippen molar-refractivity contribution in [3.05, 3.63) is 84.4 Å². The van der Waals surface area contributed by atoms with Gasteiger partial charge in [0, 0.05) is 23.5 Å². The van der Waals surface area contributed by atoms with E-state index in [-0.39, 0.29) is 0 Å². The molecule has 5 aromatic rings. The van der Waals surface area contributed by atoms with Crippen LogP contribution in [0.3, 0.4) is 0 Å². The number of hydrogen-bond acceptors (Lipinski definition) is 3. The molecule has 0 saturated heterocycles. The number of rotatable bonds is 1. The van der Waals surface area contributed by atoms with E-state index in [0.717, 1.165) is 39.2 Å². The smallest absolute Gasteiger partial charge is 0.154 e. The van der Waals surface area contributed by atoms with Crippen molar-refractivity contribution < 1.29 is 0 Å². The topological polar surface area (TPSA) is 58.9 Å². The Morgan fingerprint density at radius 1 is 0.962 bits per heavy atom. The van der Waals surface area contributed by atoms with E-state index in [9.17, 15) is 0 Å². The third-order valence-electron chi connectivity index (χ3n) is 4.11. The van der Waals surface area contributed by atoms with Gasteiger partial charge in [-0.05, 0) is 36.3 Å². The molecule has 1 N–H and O–H groups in total. The molecule has 0 spiro atoms. The molecule has 5 heteroatoms. The molecular formula is C21H12N5. The molecule has 121 valence electrons. The predicted molar refractivity (Wildman–Crippen MR) is 99.3 cm³/mol. The Hall–Kier alpha value is -3.91. The zero-order valence-corrected chi connectivity index (χ0v) is 13.6. The number of aromatic nitrogens is 5. The Labute approximate surface area is 149 Å². The van der Waals surface area contributed by atoms with Gasteiger partial charge in [-0.15, -0.1) is 0 Å². The zero-order chi connectivity index (χ0) is 17.3. The van der Waals surface area contributed by atoms with Gasteiger partial charge in [0.15, 0.2) is 5.65 Å². The lowest BCUT2D eigenvalue weighted by atomic mass is 10.1. The van der Waals surface area contributed by atoms with Gasteiger partial charge in [0.2, 0.25) is 0 Å². The summed E-state index contributed by atoms with van der Waals surface area (Å²) in [7, 11) is 0. The number of benzene rings is 1. The van der Waals surface area contributed by atoms with Crippen LogP contribution in [0.15, 0.2) is 67.1 Å². The number of imidazole rings is 1. The monoisotopic (exact) mass is 334 g/mol. The molecule has 0 amide bonds. The van der Waals surface area contributed by atoms with Gasteiger partial charge in [0.25, 0.3) is 0 Å². The molecule has 5 nitrogen and oxygen atoms in total. The van der Waals surface area contributed by atoms with E-state index < -0.39 is 0 Å². The fraction of sp³-hybridized carbons (Fsp3) is 0. The number of fused-ring (bicyclic) bond motifs is 2. The van der Waals surface area contributed by atoms with Crippen molar-refractivity contribution in [2.24, 2.45) is 0 Å². The molecule has 0 aliphatic rings. The summed E-state index contributed by atoms with van der Waals surface area (Å²) in [6.07, 6.45) is 5.37. The SMILES string of the molecule is C(#Cc1cnc2ccc(-c3cc[c]cc3)nn12)c1cnc2cc[nH]c2c1. The minimum Gasteiger partial charge on any atom is -0.360 e. The standard InChI is InChI=1S/C21H12N5/c1-2-4-16(5-3-1)18-8-9-21-24-14-17(26(21)25-18)7-6-15-12-20-19(23-13-15)10-11-22-20/h2-5,8-14,22H. The predicted octanol–water partition coefficient (Wildman–Crippen LogP) is 3.47. The maximum atomic E-state index is 4.68. The number of hydrogen-bond donors (Lipinski definition) is 1. The lowest BCUT2D eigenvalue weighted by molar-refractivity contribution is 0.930. The third-order valence-corrected chi connectivity index (χ3v) is 4.11. The van der Waals surface area contributed by atoms with Gasteiger partial charge >= 0.3 is 0 Å². The molecule has 0 saturated carbocycles. The lowest BCUT2D eigenvalue weighted by Gasteiger charge is -2.01. The van der Waals surface area contributed by atoms with Gasteiger partial charge in [0.1, 0.15) is 5.69 Å². The second-order valence-corrected chi connectivity index (χ2v) is 5.81.